The van der Waals surface area contributed by atoms with Gasteiger partial charge in [-0.2, -0.15) is 5.26 Å². The molecule has 0 aliphatic carbocycles. The van der Waals surface area contributed by atoms with Crippen molar-refractivity contribution in [1.82, 2.24) is 15.1 Å². The van der Waals surface area contributed by atoms with Crippen LogP contribution >= 0.6 is 11.8 Å². The van der Waals surface area contributed by atoms with Gasteiger partial charge in [-0.15, -0.1) is 11.8 Å². The van der Waals surface area contributed by atoms with Gasteiger partial charge in [-0.25, -0.2) is 4.79 Å². The van der Waals surface area contributed by atoms with Crippen molar-refractivity contribution in [3.05, 3.63) is 81.4 Å². The van der Waals surface area contributed by atoms with Crippen molar-refractivity contribution in [3.63, 3.8) is 0 Å². The van der Waals surface area contributed by atoms with Gasteiger partial charge in [-0.1, -0.05) is 36.4 Å². The number of aryl methyl sites for hydroxylation is 1. The highest BCUT2D eigenvalue weighted by Gasteiger charge is 2.60. The number of methoxy groups -OCH3 is 2. The molecule has 2 saturated heterocycles. The summed E-state index contributed by atoms with van der Waals surface area (Å²) in [6, 6.07) is 10.7. The lowest BCUT2D eigenvalue weighted by atomic mass is 9.71. The second-order valence-electron chi connectivity index (χ2n) is 14.1. The number of carbonyl (C=O) groups excluding carboxylic acids is 2. The number of hydrogen-bond donors (Lipinski definition) is 2. The Bertz CT molecular complexity index is 2070. The van der Waals surface area contributed by atoms with Crippen molar-refractivity contribution in [3.8, 4) is 34.8 Å². The molecule has 1 amide bonds. The van der Waals surface area contributed by atoms with E-state index in [4.69, 9.17) is 28.4 Å². The van der Waals surface area contributed by atoms with Crippen LogP contribution in [0.25, 0.3) is 6.08 Å². The van der Waals surface area contributed by atoms with Crippen LogP contribution in [0.4, 0.5) is 0 Å². The van der Waals surface area contributed by atoms with E-state index in [0.29, 0.717) is 46.1 Å². The number of amides is 1. The number of likely N-dealkylation sites (N-methyl/N-ethyl adjacent to an activating group) is 1. The van der Waals surface area contributed by atoms with Crippen LogP contribution in [0, 0.1) is 25.2 Å². The number of nitrogens with one attached hydrogen (secondary N) is 1. The summed E-state index contributed by atoms with van der Waals surface area (Å²) in [6.07, 6.45) is 3.63. The lowest BCUT2D eigenvalue weighted by molar-refractivity contribution is -0.152. The fraction of sp³-hybridized carbons (Fsp3) is 0.425. The number of ether oxygens (including phenoxy) is 6. The number of thioether (sulfide) groups is 1. The van der Waals surface area contributed by atoms with Gasteiger partial charge in [0.05, 0.1) is 30.5 Å². The number of carbonyl (C=O) groups is 2. The minimum Gasteiger partial charge on any atom is -0.507 e. The number of aromatic hydroxyl groups is 1. The fourth-order valence-electron chi connectivity index (χ4n) is 9.00. The number of fused-ring (bicyclic) bond motifs is 10. The van der Waals surface area contributed by atoms with Crippen molar-refractivity contribution < 1.29 is 43.1 Å². The normalized spacial score (nSPS) is 27.0. The second-order valence-corrected chi connectivity index (χ2v) is 15.3. The third-order valence-corrected chi connectivity index (χ3v) is 12.7. The number of nitrogens with zero attached hydrogens (tertiary/aromatic N) is 3. The predicted molar refractivity (Wildman–Crippen MR) is 199 cm³/mol. The Kier molecular flexibility index (Phi) is 9.60. The maximum atomic E-state index is 13.8. The molecule has 1 unspecified atom stereocenters. The molecule has 2 fully saturated rings. The molecule has 2 N–H and O–H groups in total. The molecule has 54 heavy (non-hydrogen) atoms. The van der Waals surface area contributed by atoms with Gasteiger partial charge in [-0.3, -0.25) is 14.6 Å². The molecule has 3 aromatic carbocycles. The third kappa shape index (κ3) is 5.72. The standard InChI is InChI=1S/C40H42N4O9S/c1-20-13-23-14-25-26(15-41)44-27-16-50-40(47)24(42-28(45)12-11-22-9-7-6-8-10-22)17-54-39(31-30(27)38-36(52-19-53-38)21(2)34(31)46)33(44)32(43(25)3)29(23)37(35(20)49-5)51-18-48-4/h6-13,24-27,32-33,39,46H,14,16-19H2,1-5H3,(H,42,45)/b12-11+/t24-,25-,26-,27-,32-,33?,39+/m0/s1. The Morgan fingerprint density at radius 1 is 1.11 bits per heavy atom. The molecule has 13 nitrogen and oxygen atoms in total. The summed E-state index contributed by atoms with van der Waals surface area (Å²) in [7, 11) is 5.20. The Hall–Kier alpha value is -4.94. The zero-order valence-corrected chi connectivity index (χ0v) is 31.5. The van der Waals surface area contributed by atoms with Crippen LogP contribution in [-0.4, -0.2) is 98.2 Å². The first-order valence-corrected chi connectivity index (χ1v) is 18.9. The molecule has 0 spiro atoms. The number of nitriles is 1. The summed E-state index contributed by atoms with van der Waals surface area (Å²) in [5.41, 5.74) is 5.50. The number of piperazine rings is 1. The number of benzene rings is 3. The van der Waals surface area contributed by atoms with E-state index < -0.39 is 41.3 Å². The molecule has 6 heterocycles. The Labute approximate surface area is 317 Å². The van der Waals surface area contributed by atoms with Gasteiger partial charge in [0.25, 0.3) is 0 Å². The smallest absolute Gasteiger partial charge is 0.329 e. The van der Waals surface area contributed by atoms with Crippen molar-refractivity contribution in [2.75, 3.05) is 47.2 Å². The summed E-state index contributed by atoms with van der Waals surface area (Å²) in [4.78, 5) is 31.5. The Morgan fingerprint density at radius 2 is 1.89 bits per heavy atom. The lowest BCUT2D eigenvalue weighted by Gasteiger charge is -2.61. The van der Waals surface area contributed by atoms with Gasteiger partial charge in [0.2, 0.25) is 12.7 Å². The SMILES string of the molecule is COCOc1c(OC)c(C)cc2c1[C@H]1C3[C@@H]4SC[C@H](NC(=O)/C=C/c5ccccc5)C(=O)OC[C@@H](c5c6c(c(C)c(O)c54)OCO6)N3[C@@H](C#N)[C@H](C2)N1C. The van der Waals surface area contributed by atoms with E-state index in [9.17, 15) is 20.0 Å². The number of phenolic OH excluding ortho intramolecular Hbond substituents is 1. The first-order chi connectivity index (χ1) is 26.2. The molecule has 4 bridgehead atoms. The third-order valence-electron chi connectivity index (χ3n) is 11.3. The van der Waals surface area contributed by atoms with Crippen molar-refractivity contribution in [2.45, 2.75) is 61.8 Å². The predicted octanol–water partition coefficient (Wildman–Crippen LogP) is 4.49. The first-order valence-electron chi connectivity index (χ1n) is 17.9. The van der Waals surface area contributed by atoms with E-state index in [0.717, 1.165) is 22.3 Å². The largest absolute Gasteiger partial charge is 0.507 e. The van der Waals surface area contributed by atoms with Crippen LogP contribution in [0.1, 0.15) is 56.3 Å². The van der Waals surface area contributed by atoms with Gasteiger partial charge >= 0.3 is 5.97 Å². The molecule has 0 saturated carbocycles. The molecule has 0 aromatic heterocycles. The molecule has 7 atom stereocenters. The average Bonchev–Trinajstić information content (AvgIpc) is 3.66. The maximum absolute atomic E-state index is 13.8. The first kappa shape index (κ1) is 36.1. The molecule has 6 aliphatic heterocycles. The van der Waals surface area contributed by atoms with Crippen LogP contribution in [0.15, 0.2) is 42.5 Å². The van der Waals surface area contributed by atoms with Crippen LogP contribution in [0.5, 0.6) is 28.7 Å². The summed E-state index contributed by atoms with van der Waals surface area (Å²) in [5.74, 6) is 1.19. The summed E-state index contributed by atoms with van der Waals surface area (Å²) >= 11 is 1.42. The van der Waals surface area contributed by atoms with E-state index in [2.05, 4.69) is 27.3 Å². The van der Waals surface area contributed by atoms with Crippen LogP contribution in [0.2, 0.25) is 0 Å². The minimum absolute atomic E-state index is 0.00946. The topological polar surface area (TPSA) is 152 Å². The summed E-state index contributed by atoms with van der Waals surface area (Å²) in [6.45, 7) is 3.56. The minimum atomic E-state index is -1.00. The molecular formula is C40H42N4O9S. The Balaban J connectivity index is 1.29. The summed E-state index contributed by atoms with van der Waals surface area (Å²) in [5, 5.41) is 25.5. The van der Waals surface area contributed by atoms with Crippen molar-refractivity contribution in [2.24, 2.45) is 0 Å². The van der Waals surface area contributed by atoms with E-state index in [-0.39, 0.29) is 43.8 Å². The van der Waals surface area contributed by atoms with E-state index in [1.165, 1.54) is 17.8 Å². The number of hydrogen-bond acceptors (Lipinski definition) is 13. The molecule has 282 valence electrons. The highest BCUT2D eigenvalue weighted by molar-refractivity contribution is 7.99. The van der Waals surface area contributed by atoms with Gasteiger partial charge in [0.1, 0.15) is 24.4 Å². The van der Waals surface area contributed by atoms with Crippen LogP contribution < -0.4 is 24.3 Å². The highest BCUT2D eigenvalue weighted by atomic mass is 32.2. The van der Waals surface area contributed by atoms with Gasteiger partial charge in [0.15, 0.2) is 29.8 Å². The molecule has 0 radical (unpaired) electrons. The maximum Gasteiger partial charge on any atom is 0.329 e. The van der Waals surface area contributed by atoms with Gasteiger partial charge in [0, 0.05) is 53.3 Å². The number of esters is 1. The Morgan fingerprint density at radius 3 is 2.63 bits per heavy atom. The van der Waals surface area contributed by atoms with E-state index in [1.807, 2.05) is 44.3 Å². The van der Waals surface area contributed by atoms with Crippen LogP contribution in [0.3, 0.4) is 0 Å². The summed E-state index contributed by atoms with van der Waals surface area (Å²) < 4.78 is 35.8. The molecule has 14 heteroatoms. The lowest BCUT2D eigenvalue weighted by Crippen LogP contribution is -2.69. The monoisotopic (exact) mass is 754 g/mol. The number of rotatable bonds is 7. The fourth-order valence-corrected chi connectivity index (χ4v) is 10.5. The van der Waals surface area contributed by atoms with E-state index >= 15 is 0 Å². The zero-order chi connectivity index (χ0) is 37.8. The zero-order valence-electron chi connectivity index (χ0n) is 30.7. The second kappa shape index (κ2) is 14.4. The highest BCUT2D eigenvalue weighted by Crippen LogP contribution is 2.63. The van der Waals surface area contributed by atoms with Gasteiger partial charge < -0.3 is 38.8 Å². The van der Waals surface area contributed by atoms with Crippen molar-refractivity contribution >= 4 is 29.7 Å². The molecule has 9 rings (SSSR count). The van der Waals surface area contributed by atoms with E-state index in [1.54, 1.807) is 27.2 Å². The number of phenols is 1. The molecule has 6 aliphatic rings. The van der Waals surface area contributed by atoms with Gasteiger partial charge in [-0.05, 0) is 50.1 Å². The van der Waals surface area contributed by atoms with Crippen molar-refractivity contribution in [1.29, 1.82) is 5.26 Å². The molecular weight excluding hydrogens is 713 g/mol. The quantitative estimate of drug-likeness (QED) is 0.198. The van der Waals surface area contributed by atoms with Crippen LogP contribution in [-0.2, 0) is 25.5 Å². The molecule has 3 aromatic rings. The average molecular weight is 755 g/mol.